The molecule has 11 heteroatoms. The minimum absolute atomic E-state index is 0.00906. The second-order valence-corrected chi connectivity index (χ2v) is 10.6. The summed E-state index contributed by atoms with van der Waals surface area (Å²) in [6.45, 7) is 1.82. The topological polar surface area (TPSA) is 70.6 Å². The smallest absolute Gasteiger partial charge is 0.263 e. The van der Waals surface area contributed by atoms with Gasteiger partial charge in [0.2, 0.25) is 5.95 Å². The Labute approximate surface area is 203 Å². The van der Waals surface area contributed by atoms with Crippen molar-refractivity contribution in [3.05, 3.63) is 53.6 Å². The summed E-state index contributed by atoms with van der Waals surface area (Å²) in [5, 5.41) is 0.572. The number of halogens is 4. The van der Waals surface area contributed by atoms with Crippen LogP contribution in [0.25, 0.3) is 10.9 Å². The molecule has 3 heterocycles. The zero-order chi connectivity index (χ0) is 24.5. The fourth-order valence-corrected chi connectivity index (χ4v) is 6.37. The molecule has 2 N–H and O–H groups in total. The molecule has 2 atom stereocenters. The van der Waals surface area contributed by atoms with Crippen LogP contribution in [0, 0.1) is 0 Å². The minimum atomic E-state index is -2.59. The third-order valence-electron chi connectivity index (χ3n) is 6.26. The van der Waals surface area contributed by atoms with E-state index in [2.05, 4.69) is 4.36 Å². The monoisotopic (exact) mass is 506 g/mol. The van der Waals surface area contributed by atoms with Gasteiger partial charge in [0.1, 0.15) is 12.4 Å². The van der Waals surface area contributed by atoms with Gasteiger partial charge in [-0.15, -0.1) is 0 Å². The molecule has 3 aromatic rings. The molecule has 0 amide bonds. The Bertz CT molecular complexity index is 1250. The van der Waals surface area contributed by atoms with Gasteiger partial charge in [-0.3, -0.25) is 4.36 Å². The van der Waals surface area contributed by atoms with Gasteiger partial charge in [-0.25, -0.2) is 22.5 Å². The Balaban J connectivity index is 1.56. The van der Waals surface area contributed by atoms with Crippen molar-refractivity contribution in [2.24, 2.45) is 10.1 Å². The van der Waals surface area contributed by atoms with E-state index in [-0.39, 0.29) is 11.6 Å². The van der Waals surface area contributed by atoms with Gasteiger partial charge in [0, 0.05) is 53.8 Å². The summed E-state index contributed by atoms with van der Waals surface area (Å²) in [5.74, 6) is 1.64. The fraction of sp³-hybridized carbons (Fsp3) is 0.417. The zero-order valence-corrected chi connectivity index (χ0v) is 19.8. The molecule has 1 saturated heterocycles. The first-order chi connectivity index (χ1) is 16.9. The van der Waals surface area contributed by atoms with Crippen LogP contribution in [-0.4, -0.2) is 54.4 Å². The quantitative estimate of drug-likeness (QED) is 0.514. The first-order valence-electron chi connectivity index (χ1n) is 11.5. The Morgan fingerprint density at radius 1 is 1.06 bits per heavy atom. The van der Waals surface area contributed by atoms with Crippen molar-refractivity contribution < 1.29 is 17.6 Å². The third-order valence-corrected chi connectivity index (χ3v) is 8.19. The number of rotatable bonds is 5. The highest BCUT2D eigenvalue weighted by molar-refractivity contribution is 7.87. The van der Waals surface area contributed by atoms with Crippen LogP contribution in [0.2, 0.25) is 0 Å². The van der Waals surface area contributed by atoms with Crippen molar-refractivity contribution in [2.75, 3.05) is 41.7 Å². The molecule has 2 aromatic carbocycles. The lowest BCUT2D eigenvalue weighted by Gasteiger charge is -2.25. The zero-order valence-electron chi connectivity index (χ0n) is 19.0. The molecule has 186 valence electrons. The van der Waals surface area contributed by atoms with Crippen LogP contribution >= 0.6 is 0 Å². The van der Waals surface area contributed by atoms with Crippen molar-refractivity contribution in [1.29, 1.82) is 0 Å². The van der Waals surface area contributed by atoms with Gasteiger partial charge in [-0.05, 0) is 30.2 Å². The van der Waals surface area contributed by atoms with E-state index < -0.39 is 30.1 Å². The first-order valence-corrected chi connectivity index (χ1v) is 12.8. The van der Waals surface area contributed by atoms with Crippen LogP contribution < -0.4 is 15.5 Å². The predicted octanol–water partition coefficient (Wildman–Crippen LogP) is 4.55. The second kappa shape index (κ2) is 10.1. The van der Waals surface area contributed by atoms with Gasteiger partial charge in [0.15, 0.2) is 0 Å². The highest BCUT2D eigenvalue weighted by atomic mass is 32.2. The number of hydrogen-bond donors (Lipinski definition) is 1. The Kier molecular flexibility index (Phi) is 6.88. The van der Waals surface area contributed by atoms with Gasteiger partial charge in [-0.1, -0.05) is 35.0 Å². The summed E-state index contributed by atoms with van der Waals surface area (Å²) in [6, 6.07) is 12.2. The highest BCUT2D eigenvalue weighted by Gasteiger charge is 2.26. The molecule has 0 spiro atoms. The summed E-state index contributed by atoms with van der Waals surface area (Å²) in [5.41, 5.74) is 7.62. The average Bonchev–Trinajstić information content (AvgIpc) is 3.19. The molecule has 2 aliphatic rings. The molecule has 1 unspecified atom stereocenters. The van der Waals surface area contributed by atoms with E-state index in [9.17, 15) is 17.6 Å². The number of aromatic nitrogens is 2. The normalized spacial score (nSPS) is 20.8. The van der Waals surface area contributed by atoms with E-state index in [0.29, 0.717) is 54.6 Å². The van der Waals surface area contributed by atoms with E-state index in [1.807, 2.05) is 34.1 Å². The first kappa shape index (κ1) is 23.9. The van der Waals surface area contributed by atoms with Gasteiger partial charge in [0.25, 0.3) is 12.9 Å². The molecule has 0 saturated carbocycles. The average molecular weight is 507 g/mol. The molecule has 0 aliphatic carbocycles. The standard InChI is InChI=1S/C24H26F4N6S/c25-21(26)12-30-35-10-9-34(13-16-3-1-2-4-20(16)35)24-31-19-6-5-15(22(27)28)11-18(19)23(32-24)33-8-7-17(29)14-33/h1-6,11,17,21-22H,7-10,12-14,29H2/t17-,35?/m1/s1. The molecule has 6 nitrogen and oxygen atoms in total. The summed E-state index contributed by atoms with van der Waals surface area (Å²) < 4.78 is 56.9. The van der Waals surface area contributed by atoms with Crippen LogP contribution in [0.1, 0.15) is 24.0 Å². The lowest BCUT2D eigenvalue weighted by molar-refractivity contribution is 0.151. The number of benzene rings is 2. The van der Waals surface area contributed by atoms with Crippen molar-refractivity contribution >= 4 is 33.4 Å². The summed E-state index contributed by atoms with van der Waals surface area (Å²) >= 11 is 0. The van der Waals surface area contributed by atoms with Gasteiger partial charge in [-0.2, -0.15) is 4.98 Å². The number of nitrogens with zero attached hydrogens (tertiary/aromatic N) is 5. The maximum Gasteiger partial charge on any atom is 0.263 e. The molecule has 1 aromatic heterocycles. The van der Waals surface area contributed by atoms with Crippen molar-refractivity contribution in [1.82, 2.24) is 9.97 Å². The fourth-order valence-electron chi connectivity index (χ4n) is 4.52. The van der Waals surface area contributed by atoms with E-state index >= 15 is 0 Å². The van der Waals surface area contributed by atoms with E-state index in [1.165, 1.54) is 12.1 Å². The molecule has 35 heavy (non-hydrogen) atoms. The van der Waals surface area contributed by atoms with Gasteiger partial charge >= 0.3 is 0 Å². The van der Waals surface area contributed by atoms with Crippen LogP contribution in [0.4, 0.5) is 29.3 Å². The molecular formula is C24H26F4N6S. The molecule has 2 aliphatic heterocycles. The van der Waals surface area contributed by atoms with Crippen LogP contribution in [0.3, 0.4) is 0 Å². The largest absolute Gasteiger partial charge is 0.354 e. The number of alkyl halides is 4. The highest BCUT2D eigenvalue weighted by Crippen LogP contribution is 2.33. The Morgan fingerprint density at radius 3 is 2.63 bits per heavy atom. The molecular weight excluding hydrogens is 480 g/mol. The van der Waals surface area contributed by atoms with Crippen molar-refractivity contribution in [2.45, 2.75) is 36.8 Å². The summed E-state index contributed by atoms with van der Waals surface area (Å²) in [4.78, 5) is 14.6. The lowest BCUT2D eigenvalue weighted by Crippen LogP contribution is -2.30. The third kappa shape index (κ3) is 5.11. The molecule has 1 fully saturated rings. The van der Waals surface area contributed by atoms with Crippen LogP contribution in [0.5, 0.6) is 0 Å². The molecule has 5 rings (SSSR count). The molecule has 0 bridgehead atoms. The van der Waals surface area contributed by atoms with E-state index in [0.717, 1.165) is 16.9 Å². The van der Waals surface area contributed by atoms with Crippen LogP contribution in [-0.2, 0) is 17.2 Å². The van der Waals surface area contributed by atoms with Gasteiger partial charge in [0.05, 0.1) is 5.52 Å². The predicted molar refractivity (Wildman–Crippen MR) is 131 cm³/mol. The summed E-state index contributed by atoms with van der Waals surface area (Å²) in [7, 11) is -0.662. The minimum Gasteiger partial charge on any atom is -0.354 e. The number of nitrogens with two attached hydrogens (primary N) is 1. The lowest BCUT2D eigenvalue weighted by atomic mass is 10.1. The van der Waals surface area contributed by atoms with E-state index in [1.54, 1.807) is 6.07 Å². The maximum absolute atomic E-state index is 13.4. The number of fused-ring (bicyclic) bond motifs is 2. The second-order valence-electron chi connectivity index (χ2n) is 8.72. The van der Waals surface area contributed by atoms with Gasteiger partial charge < -0.3 is 15.5 Å². The Morgan fingerprint density at radius 2 is 1.89 bits per heavy atom. The molecule has 0 radical (unpaired) electrons. The van der Waals surface area contributed by atoms with Crippen molar-refractivity contribution in [3.63, 3.8) is 0 Å². The Hall–Kier alpha value is -2.79. The van der Waals surface area contributed by atoms with Crippen LogP contribution in [0.15, 0.2) is 51.7 Å². The number of hydrogen-bond acceptors (Lipinski definition) is 6. The SMILES string of the molecule is N[C@@H]1CCN(c2nc(N3CCS(=NCC(F)F)c4ccccc4C3)nc3ccc(C(F)F)cc23)C1. The maximum atomic E-state index is 13.4. The van der Waals surface area contributed by atoms with Crippen molar-refractivity contribution in [3.8, 4) is 0 Å². The summed E-state index contributed by atoms with van der Waals surface area (Å²) in [6.07, 6.45) is -4.28. The number of anilines is 2. The van der Waals surface area contributed by atoms with E-state index in [4.69, 9.17) is 15.7 Å².